The highest BCUT2D eigenvalue weighted by molar-refractivity contribution is 5.98. The van der Waals surface area contributed by atoms with E-state index >= 15 is 0 Å². The lowest BCUT2D eigenvalue weighted by Gasteiger charge is -2.21. The minimum atomic E-state index is -0.0378. The number of rotatable bonds is 2. The summed E-state index contributed by atoms with van der Waals surface area (Å²) in [6.45, 7) is 2.86. The van der Waals surface area contributed by atoms with Gasteiger partial charge in [-0.1, -0.05) is 0 Å². The molecule has 1 aromatic heterocycles. The number of anilines is 1. The molecule has 1 aliphatic rings. The fraction of sp³-hybridized carbons (Fsp3) is 0.429. The number of amides is 1. The third kappa shape index (κ3) is 2.21. The summed E-state index contributed by atoms with van der Waals surface area (Å²) in [6.07, 6.45) is 2.00. The first-order valence-electron chi connectivity index (χ1n) is 6.62. The quantitative estimate of drug-likeness (QED) is 0.860. The Morgan fingerprint density at radius 2 is 2.32 bits per heavy atom. The van der Waals surface area contributed by atoms with E-state index in [4.69, 9.17) is 0 Å². The van der Waals surface area contributed by atoms with Crippen molar-refractivity contribution in [3.05, 3.63) is 24.0 Å². The molecule has 19 heavy (non-hydrogen) atoms. The lowest BCUT2D eigenvalue weighted by Crippen LogP contribution is -2.41. The van der Waals surface area contributed by atoms with Gasteiger partial charge in [0.15, 0.2) is 0 Å². The monoisotopic (exact) mass is 258 g/mol. The van der Waals surface area contributed by atoms with Crippen LogP contribution in [0, 0.1) is 6.92 Å². The van der Waals surface area contributed by atoms with E-state index in [1.807, 2.05) is 32.2 Å². The summed E-state index contributed by atoms with van der Waals surface area (Å²) in [5.41, 5.74) is 2.80. The molecule has 1 saturated heterocycles. The van der Waals surface area contributed by atoms with Crippen LogP contribution in [0.2, 0.25) is 0 Å². The van der Waals surface area contributed by atoms with Crippen LogP contribution in [0.3, 0.4) is 0 Å². The number of carbonyl (C=O) groups excluding carboxylic acids is 1. The van der Waals surface area contributed by atoms with Crippen LogP contribution >= 0.6 is 0 Å². The number of likely N-dealkylation sites (N-methyl/N-ethyl adjacent to an activating group) is 1. The molecule has 2 aromatic rings. The second kappa shape index (κ2) is 4.66. The third-order valence-corrected chi connectivity index (χ3v) is 3.66. The lowest BCUT2D eigenvalue weighted by molar-refractivity contribution is -0.119. The Labute approximate surface area is 112 Å². The molecule has 1 aliphatic heterocycles. The van der Waals surface area contributed by atoms with E-state index in [9.17, 15) is 4.79 Å². The van der Waals surface area contributed by atoms with Crippen molar-refractivity contribution in [3.8, 4) is 0 Å². The Morgan fingerprint density at radius 3 is 3.05 bits per heavy atom. The summed E-state index contributed by atoms with van der Waals surface area (Å²) in [6, 6.07) is 5.82. The smallest absolute Gasteiger partial charge is 0.243 e. The average molecular weight is 258 g/mol. The van der Waals surface area contributed by atoms with Crippen LogP contribution < -0.4 is 10.2 Å². The van der Waals surface area contributed by atoms with Crippen molar-refractivity contribution in [2.45, 2.75) is 25.8 Å². The van der Waals surface area contributed by atoms with Gasteiger partial charge in [-0.2, -0.15) is 0 Å². The maximum absolute atomic E-state index is 12.3. The molecule has 1 aromatic carbocycles. The number of H-pyrrole nitrogens is 1. The van der Waals surface area contributed by atoms with Gasteiger partial charge in [0.05, 0.1) is 17.1 Å². The van der Waals surface area contributed by atoms with E-state index in [0.29, 0.717) is 0 Å². The number of imidazole rings is 1. The van der Waals surface area contributed by atoms with E-state index < -0.39 is 0 Å². The maximum atomic E-state index is 12.3. The van der Waals surface area contributed by atoms with Crippen molar-refractivity contribution >= 4 is 22.6 Å². The summed E-state index contributed by atoms with van der Waals surface area (Å²) in [7, 11) is 1.83. The second-order valence-electron chi connectivity index (χ2n) is 5.07. The lowest BCUT2D eigenvalue weighted by atomic mass is 10.2. The molecule has 1 amide bonds. The Bertz CT molecular complexity index is 613. The maximum Gasteiger partial charge on any atom is 0.243 e. The minimum absolute atomic E-state index is 0.0378. The molecule has 0 radical (unpaired) electrons. The number of nitrogens with zero attached hydrogens (tertiary/aromatic N) is 2. The Balaban J connectivity index is 1.87. The van der Waals surface area contributed by atoms with Gasteiger partial charge in [0, 0.05) is 12.7 Å². The second-order valence-corrected chi connectivity index (χ2v) is 5.07. The van der Waals surface area contributed by atoms with Crippen LogP contribution in [-0.4, -0.2) is 35.5 Å². The normalized spacial score (nSPS) is 18.9. The first-order chi connectivity index (χ1) is 9.15. The average Bonchev–Trinajstić information content (AvgIpc) is 3.03. The summed E-state index contributed by atoms with van der Waals surface area (Å²) < 4.78 is 0. The molecule has 5 nitrogen and oxygen atoms in total. The molecule has 5 heteroatoms. The summed E-state index contributed by atoms with van der Waals surface area (Å²) in [5.74, 6) is 1.02. The van der Waals surface area contributed by atoms with Crippen molar-refractivity contribution in [2.75, 3.05) is 18.5 Å². The molecule has 2 N–H and O–H groups in total. The number of hydrogen-bond donors (Lipinski definition) is 2. The van der Waals surface area contributed by atoms with Crippen molar-refractivity contribution in [2.24, 2.45) is 0 Å². The first kappa shape index (κ1) is 12.2. The van der Waals surface area contributed by atoms with Gasteiger partial charge in [0.1, 0.15) is 5.82 Å². The highest BCUT2D eigenvalue weighted by Crippen LogP contribution is 2.21. The Morgan fingerprint density at radius 1 is 1.47 bits per heavy atom. The van der Waals surface area contributed by atoms with Gasteiger partial charge >= 0.3 is 0 Å². The van der Waals surface area contributed by atoms with Crippen molar-refractivity contribution in [1.29, 1.82) is 0 Å². The van der Waals surface area contributed by atoms with Gasteiger partial charge in [-0.3, -0.25) is 4.79 Å². The fourth-order valence-corrected chi connectivity index (χ4v) is 2.59. The van der Waals surface area contributed by atoms with Crippen molar-refractivity contribution < 1.29 is 4.79 Å². The number of aromatic amines is 1. The molecular weight excluding hydrogens is 240 g/mol. The molecule has 1 atom stereocenters. The summed E-state index contributed by atoms with van der Waals surface area (Å²) in [5, 5.41) is 3.24. The van der Waals surface area contributed by atoms with E-state index in [1.165, 1.54) is 0 Å². The molecule has 0 saturated carbocycles. The van der Waals surface area contributed by atoms with Crippen molar-refractivity contribution in [3.63, 3.8) is 0 Å². The molecule has 0 spiro atoms. The SMILES string of the molecule is Cc1nc2ccc(N(C)C(=O)C3CCCN3)cc2[nH]1. The number of aromatic nitrogens is 2. The standard InChI is InChI=1S/C14H18N4O/c1-9-16-11-6-5-10(8-13(11)17-9)18(2)14(19)12-4-3-7-15-12/h5-6,8,12,15H,3-4,7H2,1-2H3,(H,16,17). The van der Waals surface area contributed by atoms with E-state index in [-0.39, 0.29) is 11.9 Å². The number of fused-ring (bicyclic) bond motifs is 1. The molecule has 2 heterocycles. The summed E-state index contributed by atoms with van der Waals surface area (Å²) in [4.78, 5) is 21.6. The number of carbonyl (C=O) groups is 1. The predicted molar refractivity (Wildman–Crippen MR) is 75.3 cm³/mol. The Kier molecular flexibility index (Phi) is 2.98. The number of hydrogen-bond acceptors (Lipinski definition) is 3. The van der Waals surface area contributed by atoms with Crippen LogP contribution in [0.25, 0.3) is 11.0 Å². The Hall–Kier alpha value is -1.88. The van der Waals surface area contributed by atoms with Gasteiger partial charge in [-0.25, -0.2) is 4.98 Å². The topological polar surface area (TPSA) is 61.0 Å². The molecule has 0 bridgehead atoms. The molecular formula is C14H18N4O. The zero-order chi connectivity index (χ0) is 13.4. The first-order valence-corrected chi connectivity index (χ1v) is 6.62. The predicted octanol–water partition coefficient (Wildman–Crippen LogP) is 1.59. The van der Waals surface area contributed by atoms with Crippen LogP contribution in [0.5, 0.6) is 0 Å². The van der Waals surface area contributed by atoms with Gasteiger partial charge in [0.2, 0.25) is 5.91 Å². The van der Waals surface area contributed by atoms with E-state index in [2.05, 4.69) is 15.3 Å². The largest absolute Gasteiger partial charge is 0.342 e. The van der Waals surface area contributed by atoms with Gasteiger partial charge in [-0.15, -0.1) is 0 Å². The van der Waals surface area contributed by atoms with Gasteiger partial charge in [0.25, 0.3) is 0 Å². The van der Waals surface area contributed by atoms with Gasteiger partial charge in [-0.05, 0) is 44.5 Å². The van der Waals surface area contributed by atoms with Crippen LogP contribution in [0.4, 0.5) is 5.69 Å². The molecule has 1 fully saturated rings. The summed E-state index contributed by atoms with van der Waals surface area (Å²) >= 11 is 0. The van der Waals surface area contributed by atoms with Crippen LogP contribution in [0.15, 0.2) is 18.2 Å². The molecule has 1 unspecified atom stereocenters. The van der Waals surface area contributed by atoms with Crippen LogP contribution in [-0.2, 0) is 4.79 Å². The molecule has 100 valence electrons. The zero-order valence-electron chi connectivity index (χ0n) is 11.2. The highest BCUT2D eigenvalue weighted by Gasteiger charge is 2.25. The molecule has 0 aliphatic carbocycles. The fourth-order valence-electron chi connectivity index (χ4n) is 2.59. The van der Waals surface area contributed by atoms with Gasteiger partial charge < -0.3 is 15.2 Å². The number of aryl methyl sites for hydroxylation is 1. The third-order valence-electron chi connectivity index (χ3n) is 3.66. The minimum Gasteiger partial charge on any atom is -0.342 e. The van der Waals surface area contributed by atoms with E-state index in [0.717, 1.165) is 41.9 Å². The molecule has 3 rings (SSSR count). The van der Waals surface area contributed by atoms with E-state index in [1.54, 1.807) is 4.90 Å². The highest BCUT2D eigenvalue weighted by atomic mass is 16.2. The number of nitrogens with one attached hydrogen (secondary N) is 2. The van der Waals surface area contributed by atoms with Crippen molar-refractivity contribution in [1.82, 2.24) is 15.3 Å². The number of benzene rings is 1. The zero-order valence-corrected chi connectivity index (χ0v) is 11.2. The van der Waals surface area contributed by atoms with Crippen LogP contribution in [0.1, 0.15) is 18.7 Å².